The number of hydrogen-bond donors (Lipinski definition) is 0. The van der Waals surface area contributed by atoms with Crippen molar-refractivity contribution in [2.75, 3.05) is 26.4 Å². The van der Waals surface area contributed by atoms with E-state index < -0.39 is 23.9 Å². The van der Waals surface area contributed by atoms with Gasteiger partial charge in [0, 0.05) is 25.0 Å². The summed E-state index contributed by atoms with van der Waals surface area (Å²) in [5, 5.41) is 0.618. The lowest BCUT2D eigenvalue weighted by Crippen LogP contribution is -2.29. The molecule has 1 aromatic heterocycles. The number of nitrogens with zero attached hydrogens (tertiary/aromatic N) is 1. The molecule has 2 aromatic carbocycles. The van der Waals surface area contributed by atoms with Gasteiger partial charge in [0.15, 0.2) is 12.4 Å². The Kier molecular flexibility index (Phi) is 11.6. The van der Waals surface area contributed by atoms with Crippen molar-refractivity contribution in [1.82, 2.24) is 4.98 Å². The maximum Gasteiger partial charge on any atom is 0.416 e. The molecule has 0 aliphatic carbocycles. The fraction of sp³-hybridized carbons (Fsp3) is 0.500. The first-order valence-corrected chi connectivity index (χ1v) is 15.3. The topological polar surface area (TPSA) is 76.1 Å². The van der Waals surface area contributed by atoms with E-state index in [1.54, 1.807) is 6.92 Å². The van der Waals surface area contributed by atoms with Crippen LogP contribution in [0.5, 0.6) is 5.75 Å². The molecule has 1 aliphatic heterocycles. The van der Waals surface area contributed by atoms with Crippen LogP contribution in [-0.2, 0) is 36.3 Å². The third-order valence-corrected chi connectivity index (χ3v) is 8.36. The van der Waals surface area contributed by atoms with Gasteiger partial charge in [0.25, 0.3) is 0 Å². The molecule has 2 unspecified atom stereocenters. The lowest BCUT2D eigenvalue weighted by atomic mass is 10.0. The molecule has 3 aromatic rings. The normalized spacial score (nSPS) is 15.7. The van der Waals surface area contributed by atoms with Crippen molar-refractivity contribution < 1.29 is 41.7 Å². The van der Waals surface area contributed by atoms with E-state index >= 15 is 0 Å². The van der Waals surface area contributed by atoms with Crippen molar-refractivity contribution >= 4 is 17.3 Å². The van der Waals surface area contributed by atoms with E-state index in [2.05, 4.69) is 4.98 Å². The fourth-order valence-corrected chi connectivity index (χ4v) is 5.98. The molecule has 43 heavy (non-hydrogen) atoms. The first kappa shape index (κ1) is 32.9. The van der Waals surface area contributed by atoms with Gasteiger partial charge in [0.1, 0.15) is 16.9 Å². The lowest BCUT2D eigenvalue weighted by molar-refractivity contribution is -0.183. The zero-order valence-electron chi connectivity index (χ0n) is 24.9. The summed E-state index contributed by atoms with van der Waals surface area (Å²) in [7, 11) is 0. The largest absolute Gasteiger partial charge is 0.485 e. The zero-order chi connectivity index (χ0) is 31.0. The number of carbonyl (C=O) groups is 1. The van der Waals surface area contributed by atoms with Crippen LogP contribution in [0, 0.1) is 13.8 Å². The molecule has 2 atom stereocenters. The van der Waals surface area contributed by atoms with E-state index in [4.69, 9.17) is 23.7 Å². The van der Waals surface area contributed by atoms with Crippen LogP contribution in [0.2, 0.25) is 0 Å². The highest BCUT2D eigenvalue weighted by molar-refractivity contribution is 7.15. The molecule has 0 bridgehead atoms. The molecular weight excluding hydrogens is 583 g/mol. The second kappa shape index (κ2) is 15.1. The van der Waals surface area contributed by atoms with Crippen LogP contribution < -0.4 is 4.74 Å². The van der Waals surface area contributed by atoms with Gasteiger partial charge in [0.2, 0.25) is 0 Å². The number of halogens is 3. The number of aromatic nitrogens is 1. The highest BCUT2D eigenvalue weighted by Gasteiger charge is 2.30. The summed E-state index contributed by atoms with van der Waals surface area (Å²) in [4.78, 5) is 17.9. The van der Waals surface area contributed by atoms with Gasteiger partial charge in [-0.05, 0) is 75.9 Å². The molecular formula is C32H38F3NO6S. The van der Waals surface area contributed by atoms with Crippen molar-refractivity contribution in [3.63, 3.8) is 0 Å². The zero-order valence-corrected chi connectivity index (χ0v) is 25.7. The third-order valence-electron chi connectivity index (χ3n) is 7.06. The number of aryl methyl sites for hydroxylation is 2. The monoisotopic (exact) mass is 621 g/mol. The highest BCUT2D eigenvalue weighted by Crippen LogP contribution is 2.38. The number of ether oxygens (including phenoxy) is 5. The number of esters is 1. The molecule has 0 N–H and O–H groups in total. The first-order chi connectivity index (χ1) is 20.6. The molecule has 1 fully saturated rings. The molecule has 7 nitrogen and oxygen atoms in total. The van der Waals surface area contributed by atoms with Crippen LogP contribution in [0.25, 0.3) is 10.6 Å². The molecule has 1 saturated heterocycles. The molecule has 11 heteroatoms. The van der Waals surface area contributed by atoms with E-state index in [0.29, 0.717) is 55.4 Å². The standard InChI is InChI=1S/C32H38F3NO6S/c1-5-38-27(31(37)39-6-2)19-23-10-13-25(18-20(23)3)42-26(14-15-28-40-16-7-17-41-28)29-21(4)36-30(43-29)22-8-11-24(12-9-22)32(33,34)35/h8-13,18,26-28H,5-7,14-17,19H2,1-4H3. The first-order valence-electron chi connectivity index (χ1n) is 14.5. The molecule has 0 spiro atoms. The fourth-order valence-electron chi connectivity index (χ4n) is 4.85. The second-order valence-electron chi connectivity index (χ2n) is 10.2. The van der Waals surface area contributed by atoms with Crippen LogP contribution in [0.1, 0.15) is 66.5 Å². The third kappa shape index (κ3) is 9.01. The van der Waals surface area contributed by atoms with Gasteiger partial charge >= 0.3 is 12.1 Å². The summed E-state index contributed by atoms with van der Waals surface area (Å²) in [6.45, 7) is 9.39. The van der Waals surface area contributed by atoms with Crippen LogP contribution in [0.4, 0.5) is 13.2 Å². The van der Waals surface area contributed by atoms with Gasteiger partial charge in [-0.25, -0.2) is 9.78 Å². The smallest absolute Gasteiger partial charge is 0.416 e. The van der Waals surface area contributed by atoms with Crippen molar-refractivity contribution in [3.05, 3.63) is 69.7 Å². The van der Waals surface area contributed by atoms with Crippen LogP contribution in [-0.4, -0.2) is 49.8 Å². The number of rotatable bonds is 13. The van der Waals surface area contributed by atoms with Gasteiger partial charge in [0.05, 0.1) is 36.0 Å². The average Bonchev–Trinajstić information content (AvgIpc) is 3.37. The average molecular weight is 622 g/mol. The Hall–Kier alpha value is -2.99. The second-order valence-corrected chi connectivity index (χ2v) is 11.3. The van der Waals surface area contributed by atoms with Crippen LogP contribution in [0.15, 0.2) is 42.5 Å². The Morgan fingerprint density at radius 2 is 1.79 bits per heavy atom. The van der Waals surface area contributed by atoms with E-state index in [1.165, 1.54) is 23.5 Å². The van der Waals surface area contributed by atoms with Crippen molar-refractivity contribution in [2.24, 2.45) is 0 Å². The number of carbonyl (C=O) groups excluding carboxylic acids is 1. The minimum Gasteiger partial charge on any atom is -0.485 e. The van der Waals surface area contributed by atoms with Gasteiger partial charge in [-0.15, -0.1) is 11.3 Å². The summed E-state index contributed by atoms with van der Waals surface area (Å²) < 4.78 is 68.1. The maximum absolute atomic E-state index is 13.1. The quantitative estimate of drug-likeness (QED) is 0.182. The van der Waals surface area contributed by atoms with Crippen molar-refractivity contribution in [3.8, 4) is 16.3 Å². The number of benzene rings is 2. The predicted octanol–water partition coefficient (Wildman–Crippen LogP) is 7.62. The Bertz CT molecular complexity index is 1340. The van der Waals surface area contributed by atoms with Crippen LogP contribution in [0.3, 0.4) is 0 Å². The Morgan fingerprint density at radius 3 is 2.42 bits per heavy atom. The Morgan fingerprint density at radius 1 is 1.07 bits per heavy atom. The van der Waals surface area contributed by atoms with E-state index in [9.17, 15) is 18.0 Å². The van der Waals surface area contributed by atoms with E-state index in [0.717, 1.165) is 40.3 Å². The van der Waals surface area contributed by atoms with Gasteiger partial charge < -0.3 is 23.7 Å². The molecule has 4 rings (SSSR count). The summed E-state index contributed by atoms with van der Waals surface area (Å²) in [5.41, 5.74) is 2.54. The van der Waals surface area contributed by atoms with Crippen molar-refractivity contribution in [2.45, 2.75) is 78.1 Å². The summed E-state index contributed by atoms with van der Waals surface area (Å²) >= 11 is 1.40. The predicted molar refractivity (Wildman–Crippen MR) is 157 cm³/mol. The molecule has 0 amide bonds. The minimum atomic E-state index is -4.40. The molecule has 0 saturated carbocycles. The van der Waals surface area contributed by atoms with E-state index in [1.807, 2.05) is 39.0 Å². The van der Waals surface area contributed by atoms with Gasteiger partial charge in [-0.1, -0.05) is 18.2 Å². The number of alkyl halides is 3. The Balaban J connectivity index is 1.56. The number of hydrogen-bond acceptors (Lipinski definition) is 8. The minimum absolute atomic E-state index is 0.282. The SMILES string of the molecule is CCOC(=O)C(Cc1ccc(OC(CCC2OCCCO2)c2sc(-c3ccc(C(F)(F)F)cc3)nc2C)cc1C)OCC. The summed E-state index contributed by atoms with van der Waals surface area (Å²) in [6, 6.07) is 10.7. The Labute approximate surface area is 254 Å². The molecule has 0 radical (unpaired) electrons. The van der Waals surface area contributed by atoms with Crippen molar-refractivity contribution in [1.29, 1.82) is 0 Å². The summed E-state index contributed by atoms with van der Waals surface area (Å²) in [6.07, 6.45) is -3.40. The molecule has 1 aliphatic rings. The number of thiazole rings is 1. The summed E-state index contributed by atoms with van der Waals surface area (Å²) in [5.74, 6) is 0.255. The van der Waals surface area contributed by atoms with Gasteiger partial charge in [-0.3, -0.25) is 0 Å². The van der Waals surface area contributed by atoms with E-state index in [-0.39, 0.29) is 18.9 Å². The lowest BCUT2D eigenvalue weighted by Gasteiger charge is -2.26. The van der Waals surface area contributed by atoms with Gasteiger partial charge in [-0.2, -0.15) is 13.2 Å². The van der Waals surface area contributed by atoms with Crippen LogP contribution >= 0.6 is 11.3 Å². The molecule has 234 valence electrons. The maximum atomic E-state index is 13.1. The highest BCUT2D eigenvalue weighted by atomic mass is 32.1. The molecule has 2 heterocycles.